The molecule has 6 nitrogen and oxygen atoms in total. The molecule has 0 radical (unpaired) electrons. The molecule has 0 aliphatic carbocycles. The van der Waals surface area contributed by atoms with Gasteiger partial charge in [-0.2, -0.15) is 0 Å². The van der Waals surface area contributed by atoms with Crippen LogP contribution in [0.4, 0.5) is 8.78 Å². The smallest absolute Gasteiger partial charge is 0.299 e. The Morgan fingerprint density at radius 2 is 1.67 bits per heavy atom. The Balaban J connectivity index is 1.74. The summed E-state index contributed by atoms with van der Waals surface area (Å²) in [4.78, 5) is 4.35. The molecule has 0 saturated carbocycles. The molecule has 36 heavy (non-hydrogen) atoms. The zero-order valence-electron chi connectivity index (χ0n) is 20.2. The van der Waals surface area contributed by atoms with Crippen LogP contribution in [-0.4, -0.2) is 31.8 Å². The number of ether oxygens (including phenoxy) is 1. The van der Waals surface area contributed by atoms with Gasteiger partial charge in [-0.3, -0.25) is 0 Å². The van der Waals surface area contributed by atoms with Crippen molar-refractivity contribution in [2.45, 2.75) is 43.6 Å². The third-order valence-corrected chi connectivity index (χ3v) is 9.04. The van der Waals surface area contributed by atoms with Crippen molar-refractivity contribution in [3.8, 4) is 11.1 Å². The van der Waals surface area contributed by atoms with E-state index in [1.165, 1.54) is 30.3 Å². The zero-order chi connectivity index (χ0) is 26.1. The van der Waals surface area contributed by atoms with E-state index in [1.807, 2.05) is 6.07 Å². The third-order valence-electron chi connectivity index (χ3n) is 6.79. The SMILES string of the molecule is CC1(C)OC(=N[C@@H](CCO)c2ccccc2F)NS(=O)(=O)C1(C)c1cccc(-c2ccc(F)cc2)c1. The first-order valence-electron chi connectivity index (χ1n) is 11.5. The van der Waals surface area contributed by atoms with E-state index >= 15 is 0 Å². The summed E-state index contributed by atoms with van der Waals surface area (Å²) >= 11 is 0. The van der Waals surface area contributed by atoms with Gasteiger partial charge < -0.3 is 9.84 Å². The molecule has 2 N–H and O–H groups in total. The Morgan fingerprint density at radius 1 is 0.972 bits per heavy atom. The number of aliphatic imine (C=N–C) groups is 1. The van der Waals surface area contributed by atoms with E-state index in [0.29, 0.717) is 5.56 Å². The molecule has 1 heterocycles. The van der Waals surface area contributed by atoms with Crippen LogP contribution >= 0.6 is 0 Å². The summed E-state index contributed by atoms with van der Waals surface area (Å²) in [6.07, 6.45) is 0.0763. The predicted molar refractivity (Wildman–Crippen MR) is 135 cm³/mol. The quantitative estimate of drug-likeness (QED) is 0.482. The molecule has 1 aliphatic rings. The highest BCUT2D eigenvalue weighted by molar-refractivity contribution is 7.91. The van der Waals surface area contributed by atoms with Gasteiger partial charge in [-0.15, -0.1) is 0 Å². The van der Waals surface area contributed by atoms with Gasteiger partial charge in [-0.25, -0.2) is 26.9 Å². The Labute approximate surface area is 209 Å². The topological polar surface area (TPSA) is 88.0 Å². The van der Waals surface area contributed by atoms with Crippen LogP contribution in [0.5, 0.6) is 0 Å². The zero-order valence-corrected chi connectivity index (χ0v) is 21.0. The lowest BCUT2D eigenvalue weighted by molar-refractivity contribution is 0.0381. The number of amidine groups is 1. The molecule has 190 valence electrons. The summed E-state index contributed by atoms with van der Waals surface area (Å²) in [6, 6.07) is 17.8. The third kappa shape index (κ3) is 4.60. The molecule has 3 aromatic carbocycles. The van der Waals surface area contributed by atoms with E-state index in [9.17, 15) is 22.3 Å². The molecule has 2 atom stereocenters. The van der Waals surface area contributed by atoms with Crippen molar-refractivity contribution < 1.29 is 27.0 Å². The summed E-state index contributed by atoms with van der Waals surface area (Å²) < 4.78 is 62.2. The van der Waals surface area contributed by atoms with E-state index in [2.05, 4.69) is 9.71 Å². The number of benzene rings is 3. The molecule has 3 aromatic rings. The molecule has 1 saturated heterocycles. The summed E-state index contributed by atoms with van der Waals surface area (Å²) in [5.74, 6) is -0.877. The van der Waals surface area contributed by atoms with Gasteiger partial charge in [0.25, 0.3) is 6.02 Å². The van der Waals surface area contributed by atoms with Crippen LogP contribution in [0.25, 0.3) is 11.1 Å². The van der Waals surface area contributed by atoms with Gasteiger partial charge in [-0.05, 0) is 68.1 Å². The van der Waals surface area contributed by atoms with Gasteiger partial charge in [0.05, 0.1) is 6.04 Å². The van der Waals surface area contributed by atoms with Gasteiger partial charge >= 0.3 is 0 Å². The molecular weight excluding hydrogens is 486 g/mol. The average Bonchev–Trinajstić information content (AvgIpc) is 2.82. The fourth-order valence-electron chi connectivity index (χ4n) is 4.39. The monoisotopic (exact) mass is 514 g/mol. The van der Waals surface area contributed by atoms with Crippen molar-refractivity contribution in [2.24, 2.45) is 4.99 Å². The van der Waals surface area contributed by atoms with Crippen LogP contribution in [0.15, 0.2) is 77.8 Å². The second-order valence-electron chi connectivity index (χ2n) is 9.32. The van der Waals surface area contributed by atoms with Gasteiger partial charge in [0.15, 0.2) is 4.75 Å². The summed E-state index contributed by atoms with van der Waals surface area (Å²) in [5.41, 5.74) is 0.862. The van der Waals surface area contributed by atoms with E-state index in [0.717, 1.165) is 11.1 Å². The number of nitrogens with zero attached hydrogens (tertiary/aromatic N) is 1. The van der Waals surface area contributed by atoms with E-state index < -0.39 is 32.2 Å². The molecule has 0 bridgehead atoms. The van der Waals surface area contributed by atoms with Crippen molar-refractivity contribution in [3.63, 3.8) is 0 Å². The van der Waals surface area contributed by atoms with Crippen LogP contribution in [-0.2, 0) is 19.5 Å². The fraction of sp³-hybridized carbons (Fsp3) is 0.296. The minimum absolute atomic E-state index is 0.0763. The van der Waals surface area contributed by atoms with Crippen LogP contribution in [0.2, 0.25) is 0 Å². The minimum atomic E-state index is -4.11. The van der Waals surface area contributed by atoms with Gasteiger partial charge in [0.2, 0.25) is 10.0 Å². The molecule has 0 spiro atoms. The number of sulfonamides is 1. The second kappa shape index (κ2) is 9.63. The normalized spacial score (nSPS) is 22.4. The van der Waals surface area contributed by atoms with Crippen molar-refractivity contribution in [3.05, 3.63) is 95.6 Å². The maximum absolute atomic E-state index is 14.4. The maximum atomic E-state index is 14.4. The van der Waals surface area contributed by atoms with Crippen LogP contribution in [0.1, 0.15) is 44.4 Å². The van der Waals surface area contributed by atoms with Crippen molar-refractivity contribution in [2.75, 3.05) is 6.61 Å². The van der Waals surface area contributed by atoms with Crippen LogP contribution in [0.3, 0.4) is 0 Å². The highest BCUT2D eigenvalue weighted by atomic mass is 32.2. The largest absolute Gasteiger partial charge is 0.456 e. The van der Waals surface area contributed by atoms with Crippen molar-refractivity contribution in [1.29, 1.82) is 0 Å². The fourth-order valence-corrected chi connectivity index (χ4v) is 6.05. The summed E-state index contributed by atoms with van der Waals surface area (Å²) in [6.45, 7) is 4.59. The van der Waals surface area contributed by atoms with Gasteiger partial charge in [0.1, 0.15) is 17.2 Å². The minimum Gasteiger partial charge on any atom is -0.456 e. The number of hydrogen-bond acceptors (Lipinski definition) is 5. The summed E-state index contributed by atoms with van der Waals surface area (Å²) in [7, 11) is -4.11. The Bertz CT molecular complexity index is 1390. The number of aliphatic hydroxyl groups excluding tert-OH is 1. The number of hydrogen-bond donors (Lipinski definition) is 2. The van der Waals surface area contributed by atoms with Crippen LogP contribution in [0, 0.1) is 11.6 Å². The second-order valence-corrected chi connectivity index (χ2v) is 11.4. The molecule has 1 aliphatic heterocycles. The number of aliphatic hydroxyl groups is 1. The van der Waals surface area contributed by atoms with Crippen molar-refractivity contribution in [1.82, 2.24) is 4.72 Å². The highest BCUT2D eigenvalue weighted by Gasteiger charge is 2.59. The predicted octanol–water partition coefficient (Wildman–Crippen LogP) is 5.05. The molecule has 9 heteroatoms. The maximum Gasteiger partial charge on any atom is 0.299 e. The van der Waals surface area contributed by atoms with E-state index in [4.69, 9.17) is 4.74 Å². The lowest BCUT2D eigenvalue weighted by Gasteiger charge is -2.47. The van der Waals surface area contributed by atoms with Crippen molar-refractivity contribution >= 4 is 16.0 Å². The van der Waals surface area contributed by atoms with E-state index in [1.54, 1.807) is 57.2 Å². The molecule has 0 amide bonds. The van der Waals surface area contributed by atoms with Crippen LogP contribution < -0.4 is 4.72 Å². The number of nitrogens with one attached hydrogen (secondary N) is 1. The Morgan fingerprint density at radius 3 is 2.31 bits per heavy atom. The molecule has 0 aromatic heterocycles. The Kier molecular flexibility index (Phi) is 6.90. The first-order chi connectivity index (χ1) is 17.0. The van der Waals surface area contributed by atoms with E-state index in [-0.39, 0.29) is 30.4 Å². The summed E-state index contributed by atoms with van der Waals surface area (Å²) in [5, 5.41) is 9.50. The van der Waals surface area contributed by atoms with Gasteiger partial charge in [0, 0.05) is 12.2 Å². The first-order valence-corrected chi connectivity index (χ1v) is 13.0. The highest BCUT2D eigenvalue weighted by Crippen LogP contribution is 2.45. The lowest BCUT2D eigenvalue weighted by atomic mass is 9.83. The lowest BCUT2D eigenvalue weighted by Crippen LogP contribution is -2.63. The van der Waals surface area contributed by atoms with Gasteiger partial charge in [-0.1, -0.05) is 48.5 Å². The first kappa shape index (κ1) is 25.8. The average molecular weight is 515 g/mol. The standard InChI is InChI=1S/C27H28F2N2O4S/c1-26(2)27(3,20-8-6-7-19(17-20)18-11-13-21(28)14-12-18)36(33,34)31-25(35-26)30-24(15-16-32)22-9-4-5-10-23(22)29/h4-14,17,24,32H,15-16H2,1-3H3,(H,30,31)/t24-,27?/m0/s1. The number of rotatable bonds is 6. The Hall–Kier alpha value is -3.30. The molecule has 4 rings (SSSR count). The number of halogens is 2. The molecular formula is C27H28F2N2O4S. The molecule has 1 unspecified atom stereocenters. The molecule has 1 fully saturated rings.